The molecule has 2 rings (SSSR count). The van der Waals surface area contributed by atoms with Crippen LogP contribution in [0, 0.1) is 0 Å². The van der Waals surface area contributed by atoms with Crippen molar-refractivity contribution in [3.05, 3.63) is 46.3 Å². The van der Waals surface area contributed by atoms with Crippen LogP contribution in [0.3, 0.4) is 0 Å². The van der Waals surface area contributed by atoms with Crippen LogP contribution in [0.15, 0.2) is 39.5 Å². The third-order valence-electron chi connectivity index (χ3n) is 2.88. The third-order valence-corrected chi connectivity index (χ3v) is 2.88. The summed E-state index contributed by atoms with van der Waals surface area (Å²) in [5.74, 6) is -0.385. The Morgan fingerprint density at radius 2 is 2.11 bits per heavy atom. The highest BCUT2D eigenvalue weighted by molar-refractivity contribution is 5.96. The summed E-state index contributed by atoms with van der Waals surface area (Å²) >= 11 is 0. The topological polar surface area (TPSA) is 59.3 Å². The first kappa shape index (κ1) is 12.4. The summed E-state index contributed by atoms with van der Waals surface area (Å²) in [5, 5.41) is 3.49. The summed E-state index contributed by atoms with van der Waals surface area (Å²) in [6, 6.07) is 8.72. The molecule has 0 fully saturated rings. The highest BCUT2D eigenvalue weighted by Gasteiger charge is 2.14. The molecule has 2 aromatic rings. The Labute approximate surface area is 105 Å². The molecule has 0 saturated heterocycles. The molecule has 4 heteroatoms. The van der Waals surface area contributed by atoms with E-state index in [9.17, 15) is 9.59 Å². The van der Waals surface area contributed by atoms with Gasteiger partial charge in [-0.05, 0) is 25.5 Å². The normalized spacial score (nSPS) is 12.3. The van der Waals surface area contributed by atoms with Crippen molar-refractivity contribution in [2.45, 2.75) is 26.3 Å². The molecule has 0 bridgehead atoms. The summed E-state index contributed by atoms with van der Waals surface area (Å²) < 4.78 is 5.11. The van der Waals surface area contributed by atoms with Crippen molar-refractivity contribution < 1.29 is 9.21 Å². The molecule has 1 aromatic heterocycles. The van der Waals surface area contributed by atoms with Gasteiger partial charge in [-0.2, -0.15) is 0 Å². The molecule has 94 valence electrons. The van der Waals surface area contributed by atoms with E-state index in [1.54, 1.807) is 24.3 Å². The summed E-state index contributed by atoms with van der Waals surface area (Å²) in [7, 11) is 0. The minimum absolute atomic E-state index is 0.0309. The highest BCUT2D eigenvalue weighted by Crippen LogP contribution is 2.12. The van der Waals surface area contributed by atoms with Crippen LogP contribution in [0.2, 0.25) is 0 Å². The van der Waals surface area contributed by atoms with Gasteiger partial charge in [-0.15, -0.1) is 0 Å². The van der Waals surface area contributed by atoms with E-state index in [2.05, 4.69) is 5.32 Å². The number of hydrogen-bond donors (Lipinski definition) is 1. The predicted molar refractivity (Wildman–Crippen MR) is 69.7 cm³/mol. The van der Waals surface area contributed by atoms with Crippen molar-refractivity contribution in [2.75, 3.05) is 0 Å². The van der Waals surface area contributed by atoms with Crippen molar-refractivity contribution in [3.8, 4) is 0 Å². The van der Waals surface area contributed by atoms with Gasteiger partial charge in [0.1, 0.15) is 11.1 Å². The molecule has 1 N–H and O–H groups in total. The third kappa shape index (κ3) is 2.42. The first-order valence-corrected chi connectivity index (χ1v) is 5.95. The Morgan fingerprint density at radius 1 is 1.39 bits per heavy atom. The lowest BCUT2D eigenvalue weighted by atomic mass is 10.1. The molecular weight excluding hydrogens is 230 g/mol. The van der Waals surface area contributed by atoms with E-state index in [0.717, 1.165) is 11.8 Å². The number of fused-ring (bicyclic) bond motifs is 1. The molecule has 4 nitrogen and oxygen atoms in total. The van der Waals surface area contributed by atoms with E-state index in [-0.39, 0.29) is 17.5 Å². The average Bonchev–Trinajstić information content (AvgIpc) is 2.37. The maximum absolute atomic E-state index is 11.9. The lowest BCUT2D eigenvalue weighted by Gasteiger charge is -2.10. The molecule has 0 aliphatic carbocycles. The van der Waals surface area contributed by atoms with Gasteiger partial charge in [0, 0.05) is 11.4 Å². The molecule has 1 amide bonds. The van der Waals surface area contributed by atoms with Crippen molar-refractivity contribution in [3.63, 3.8) is 0 Å². The van der Waals surface area contributed by atoms with Crippen LogP contribution in [0.4, 0.5) is 0 Å². The van der Waals surface area contributed by atoms with Crippen LogP contribution in [0.1, 0.15) is 30.6 Å². The highest BCUT2D eigenvalue weighted by atomic mass is 16.4. The van der Waals surface area contributed by atoms with Gasteiger partial charge in [-0.3, -0.25) is 4.79 Å². The fraction of sp³-hybridized carbons (Fsp3) is 0.286. The van der Waals surface area contributed by atoms with Gasteiger partial charge in [0.2, 0.25) is 0 Å². The number of hydrogen-bond acceptors (Lipinski definition) is 3. The second kappa shape index (κ2) is 5.04. The zero-order valence-corrected chi connectivity index (χ0v) is 10.4. The second-order valence-electron chi connectivity index (χ2n) is 4.27. The minimum atomic E-state index is -0.602. The molecule has 0 aliphatic rings. The van der Waals surface area contributed by atoms with Crippen molar-refractivity contribution in [2.24, 2.45) is 0 Å². The number of nitrogens with one attached hydrogen (secondary N) is 1. The van der Waals surface area contributed by atoms with Gasteiger partial charge >= 0.3 is 5.63 Å². The first-order chi connectivity index (χ1) is 8.61. The molecule has 0 saturated carbocycles. The maximum atomic E-state index is 11.9. The largest absolute Gasteiger partial charge is 0.422 e. The zero-order chi connectivity index (χ0) is 13.1. The van der Waals surface area contributed by atoms with Crippen LogP contribution in [-0.4, -0.2) is 11.9 Å². The maximum Gasteiger partial charge on any atom is 0.349 e. The lowest BCUT2D eigenvalue weighted by molar-refractivity contribution is 0.0935. The van der Waals surface area contributed by atoms with Gasteiger partial charge in [0.15, 0.2) is 0 Å². The minimum Gasteiger partial charge on any atom is -0.422 e. The number of benzene rings is 1. The van der Waals surface area contributed by atoms with E-state index >= 15 is 0 Å². The molecule has 1 atom stereocenters. The summed E-state index contributed by atoms with van der Waals surface area (Å²) in [6.07, 6.45) is 0.810. The Bertz CT molecular complexity index is 630. The molecule has 0 spiro atoms. The van der Waals surface area contributed by atoms with Crippen LogP contribution < -0.4 is 10.9 Å². The number of carbonyl (C=O) groups excluding carboxylic acids is 1. The second-order valence-corrected chi connectivity index (χ2v) is 4.27. The Morgan fingerprint density at radius 3 is 2.83 bits per heavy atom. The van der Waals surface area contributed by atoms with E-state index in [0.29, 0.717) is 5.58 Å². The number of para-hydroxylation sites is 1. The average molecular weight is 245 g/mol. The zero-order valence-electron chi connectivity index (χ0n) is 10.4. The van der Waals surface area contributed by atoms with Gasteiger partial charge in [-0.1, -0.05) is 25.1 Å². The predicted octanol–water partition coefficient (Wildman–Crippen LogP) is 2.32. The first-order valence-electron chi connectivity index (χ1n) is 5.95. The van der Waals surface area contributed by atoms with E-state index < -0.39 is 5.63 Å². The van der Waals surface area contributed by atoms with Gasteiger partial charge in [0.05, 0.1) is 0 Å². The van der Waals surface area contributed by atoms with Crippen LogP contribution in [0.5, 0.6) is 0 Å². The van der Waals surface area contributed by atoms with Crippen molar-refractivity contribution in [1.29, 1.82) is 0 Å². The number of carbonyl (C=O) groups is 1. The van der Waals surface area contributed by atoms with Crippen LogP contribution >= 0.6 is 0 Å². The fourth-order valence-corrected chi connectivity index (χ4v) is 1.62. The van der Waals surface area contributed by atoms with Crippen molar-refractivity contribution >= 4 is 16.9 Å². The van der Waals surface area contributed by atoms with Crippen LogP contribution in [-0.2, 0) is 0 Å². The molecule has 18 heavy (non-hydrogen) atoms. The molecule has 1 aromatic carbocycles. The van der Waals surface area contributed by atoms with Gasteiger partial charge < -0.3 is 9.73 Å². The Balaban J connectivity index is 2.42. The van der Waals surface area contributed by atoms with E-state index in [4.69, 9.17) is 4.42 Å². The molecule has 0 unspecified atom stereocenters. The Hall–Kier alpha value is -2.10. The monoisotopic (exact) mass is 245 g/mol. The molecule has 1 heterocycles. The quantitative estimate of drug-likeness (QED) is 0.844. The van der Waals surface area contributed by atoms with Gasteiger partial charge in [0.25, 0.3) is 5.91 Å². The summed E-state index contributed by atoms with van der Waals surface area (Å²) in [5.41, 5.74) is -0.0638. The smallest absolute Gasteiger partial charge is 0.349 e. The van der Waals surface area contributed by atoms with Crippen molar-refractivity contribution in [1.82, 2.24) is 5.32 Å². The summed E-state index contributed by atoms with van der Waals surface area (Å²) in [4.78, 5) is 23.6. The molecule has 0 radical (unpaired) electrons. The molecule has 0 aliphatic heterocycles. The standard InChI is InChI=1S/C14H15NO3/c1-3-9(2)15-13(16)11-8-10-6-4-5-7-12(10)18-14(11)17/h4-9H,3H2,1-2H3,(H,15,16)/t9-/m1/s1. The Kier molecular flexibility index (Phi) is 3.46. The summed E-state index contributed by atoms with van der Waals surface area (Å²) in [6.45, 7) is 3.86. The van der Waals surface area contributed by atoms with E-state index in [1.165, 1.54) is 0 Å². The lowest BCUT2D eigenvalue weighted by Crippen LogP contribution is -2.34. The fourth-order valence-electron chi connectivity index (χ4n) is 1.62. The van der Waals surface area contributed by atoms with E-state index in [1.807, 2.05) is 19.9 Å². The SMILES string of the molecule is CC[C@@H](C)NC(=O)c1cc2ccccc2oc1=O. The van der Waals surface area contributed by atoms with Gasteiger partial charge in [-0.25, -0.2) is 4.79 Å². The number of amides is 1. The van der Waals surface area contributed by atoms with Crippen LogP contribution in [0.25, 0.3) is 11.0 Å². The number of rotatable bonds is 3. The molecular formula is C14H15NO3.